The van der Waals surface area contributed by atoms with Gasteiger partial charge in [-0.15, -0.1) is 0 Å². The summed E-state index contributed by atoms with van der Waals surface area (Å²) in [7, 11) is 0. The van der Waals surface area contributed by atoms with E-state index in [-0.39, 0.29) is 5.91 Å². The van der Waals surface area contributed by atoms with Crippen molar-refractivity contribution in [3.05, 3.63) is 58.1 Å². The molecule has 1 amide bonds. The fourth-order valence-electron chi connectivity index (χ4n) is 2.98. The number of benzene rings is 2. The lowest BCUT2D eigenvalue weighted by molar-refractivity contribution is -0.117. The molecule has 1 N–H and O–H groups in total. The number of hydrogen-bond acceptors (Lipinski definition) is 4. The number of nitrogens with zero attached hydrogens (tertiary/aromatic N) is 3. The third-order valence-electron chi connectivity index (χ3n) is 4.31. The molecule has 0 spiro atoms. The molecule has 0 bridgehead atoms. The van der Waals surface area contributed by atoms with Gasteiger partial charge in [0.2, 0.25) is 5.91 Å². The average Bonchev–Trinajstić information content (AvgIpc) is 2.64. The number of para-hydroxylation sites is 1. The van der Waals surface area contributed by atoms with Crippen LogP contribution >= 0.6 is 23.2 Å². The second-order valence-corrected chi connectivity index (χ2v) is 6.91. The molecule has 5 nitrogen and oxygen atoms in total. The van der Waals surface area contributed by atoms with Gasteiger partial charge in [0, 0.05) is 31.2 Å². The number of carbonyl (C=O) groups is 1. The van der Waals surface area contributed by atoms with Crippen LogP contribution in [-0.2, 0) is 4.79 Å². The van der Waals surface area contributed by atoms with Crippen molar-refractivity contribution in [3.8, 4) is 6.07 Å². The van der Waals surface area contributed by atoms with Crippen LogP contribution in [0.4, 0.5) is 11.4 Å². The van der Waals surface area contributed by atoms with Crippen molar-refractivity contribution in [2.75, 3.05) is 42.9 Å². The topological polar surface area (TPSA) is 59.4 Å². The quantitative estimate of drug-likeness (QED) is 0.868. The van der Waals surface area contributed by atoms with Crippen molar-refractivity contribution in [1.29, 1.82) is 5.26 Å². The van der Waals surface area contributed by atoms with E-state index >= 15 is 0 Å². The van der Waals surface area contributed by atoms with E-state index in [1.807, 2.05) is 18.2 Å². The number of anilines is 2. The minimum atomic E-state index is -0.0873. The lowest BCUT2D eigenvalue weighted by Crippen LogP contribution is -2.48. The minimum absolute atomic E-state index is 0.0873. The van der Waals surface area contributed by atoms with Gasteiger partial charge in [-0.1, -0.05) is 35.3 Å². The standard InChI is InChI=1S/C19H18Cl2N4O/c20-15-5-6-18(14(11-15)12-22)25-9-7-24(8-10-25)13-19(26)23-17-4-2-1-3-16(17)21/h1-6,11H,7-10,13H2,(H,23,26). The molecule has 0 saturated carbocycles. The molecule has 0 atom stereocenters. The summed E-state index contributed by atoms with van der Waals surface area (Å²) in [5.74, 6) is -0.0873. The Hall–Kier alpha value is -2.26. The lowest BCUT2D eigenvalue weighted by Gasteiger charge is -2.36. The number of nitriles is 1. The van der Waals surface area contributed by atoms with Gasteiger partial charge < -0.3 is 10.2 Å². The number of halogens is 2. The first-order valence-corrected chi connectivity index (χ1v) is 9.04. The predicted octanol–water partition coefficient (Wildman–Crippen LogP) is 3.63. The van der Waals surface area contributed by atoms with Crippen LogP contribution in [0, 0.1) is 11.3 Å². The Morgan fingerprint density at radius 1 is 1.12 bits per heavy atom. The molecule has 1 aliphatic heterocycles. The molecular weight excluding hydrogens is 371 g/mol. The first kappa shape index (κ1) is 18.5. The summed E-state index contributed by atoms with van der Waals surface area (Å²) in [6.07, 6.45) is 0. The second-order valence-electron chi connectivity index (χ2n) is 6.06. The highest BCUT2D eigenvalue weighted by Crippen LogP contribution is 2.25. The first-order chi connectivity index (χ1) is 12.6. The molecule has 1 saturated heterocycles. The summed E-state index contributed by atoms with van der Waals surface area (Å²) < 4.78 is 0. The zero-order chi connectivity index (χ0) is 18.5. The summed E-state index contributed by atoms with van der Waals surface area (Å²) in [5.41, 5.74) is 2.08. The summed E-state index contributed by atoms with van der Waals surface area (Å²) in [5, 5.41) is 13.2. The maximum absolute atomic E-state index is 12.2. The van der Waals surface area contributed by atoms with Gasteiger partial charge in [0.15, 0.2) is 0 Å². The number of piperazine rings is 1. The molecule has 2 aromatic rings. The molecule has 0 aliphatic carbocycles. The van der Waals surface area contributed by atoms with Crippen LogP contribution < -0.4 is 10.2 Å². The van der Waals surface area contributed by atoms with Gasteiger partial charge in [0.05, 0.1) is 28.5 Å². The third-order valence-corrected chi connectivity index (χ3v) is 4.87. The SMILES string of the molecule is N#Cc1cc(Cl)ccc1N1CCN(CC(=O)Nc2ccccc2Cl)CC1. The van der Waals surface area contributed by atoms with Crippen LogP contribution in [0.15, 0.2) is 42.5 Å². The zero-order valence-electron chi connectivity index (χ0n) is 14.1. The highest BCUT2D eigenvalue weighted by atomic mass is 35.5. The summed E-state index contributed by atoms with van der Waals surface area (Å²) in [4.78, 5) is 16.5. The average molecular weight is 389 g/mol. The molecule has 7 heteroatoms. The summed E-state index contributed by atoms with van der Waals surface area (Å²) >= 11 is 12.0. The molecule has 3 rings (SSSR count). The van der Waals surface area contributed by atoms with E-state index in [0.717, 1.165) is 31.9 Å². The number of nitrogens with one attached hydrogen (secondary N) is 1. The van der Waals surface area contributed by atoms with Gasteiger partial charge in [-0.2, -0.15) is 5.26 Å². The molecule has 26 heavy (non-hydrogen) atoms. The van der Waals surface area contributed by atoms with E-state index in [2.05, 4.69) is 21.2 Å². The second kappa shape index (κ2) is 8.41. The number of hydrogen-bond donors (Lipinski definition) is 1. The van der Waals surface area contributed by atoms with Gasteiger partial charge in [-0.3, -0.25) is 9.69 Å². The van der Waals surface area contributed by atoms with Gasteiger partial charge in [-0.25, -0.2) is 0 Å². The van der Waals surface area contributed by atoms with Gasteiger partial charge >= 0.3 is 0 Å². The normalized spacial score (nSPS) is 14.7. The maximum Gasteiger partial charge on any atom is 0.238 e. The summed E-state index contributed by atoms with van der Waals surface area (Å²) in [6.45, 7) is 3.28. The lowest BCUT2D eigenvalue weighted by atomic mass is 10.1. The van der Waals surface area contributed by atoms with E-state index in [9.17, 15) is 10.1 Å². The Labute approximate surface area is 162 Å². The van der Waals surface area contributed by atoms with Gasteiger partial charge in [0.1, 0.15) is 6.07 Å². The fourth-order valence-corrected chi connectivity index (χ4v) is 3.33. The van der Waals surface area contributed by atoms with Crippen molar-refractivity contribution in [3.63, 3.8) is 0 Å². The Morgan fingerprint density at radius 2 is 1.85 bits per heavy atom. The highest BCUT2D eigenvalue weighted by molar-refractivity contribution is 6.33. The molecule has 134 valence electrons. The van der Waals surface area contributed by atoms with Crippen LogP contribution in [0.25, 0.3) is 0 Å². The van der Waals surface area contributed by atoms with E-state index < -0.39 is 0 Å². The van der Waals surface area contributed by atoms with Crippen molar-refractivity contribution >= 4 is 40.5 Å². The van der Waals surface area contributed by atoms with E-state index in [0.29, 0.717) is 27.8 Å². The van der Waals surface area contributed by atoms with Gasteiger partial charge in [0.25, 0.3) is 0 Å². The fraction of sp³-hybridized carbons (Fsp3) is 0.263. The smallest absolute Gasteiger partial charge is 0.238 e. The van der Waals surface area contributed by atoms with Crippen molar-refractivity contribution < 1.29 is 4.79 Å². The van der Waals surface area contributed by atoms with Crippen molar-refractivity contribution in [2.24, 2.45) is 0 Å². The molecule has 0 aromatic heterocycles. The van der Waals surface area contributed by atoms with Crippen LogP contribution in [0.1, 0.15) is 5.56 Å². The molecular formula is C19H18Cl2N4O. The van der Waals surface area contributed by atoms with Crippen molar-refractivity contribution in [1.82, 2.24) is 4.90 Å². The number of rotatable bonds is 4. The van der Waals surface area contributed by atoms with Crippen LogP contribution in [-0.4, -0.2) is 43.5 Å². The first-order valence-electron chi connectivity index (χ1n) is 8.28. The van der Waals surface area contributed by atoms with Crippen LogP contribution in [0.5, 0.6) is 0 Å². The maximum atomic E-state index is 12.2. The number of amides is 1. The molecule has 1 heterocycles. The Balaban J connectivity index is 1.55. The Morgan fingerprint density at radius 3 is 2.54 bits per heavy atom. The van der Waals surface area contributed by atoms with E-state index in [1.54, 1.807) is 24.3 Å². The molecule has 1 aliphatic rings. The van der Waals surface area contributed by atoms with E-state index in [1.165, 1.54) is 0 Å². The predicted molar refractivity (Wildman–Crippen MR) is 105 cm³/mol. The molecule has 2 aromatic carbocycles. The molecule has 0 unspecified atom stereocenters. The minimum Gasteiger partial charge on any atom is -0.368 e. The monoisotopic (exact) mass is 388 g/mol. The van der Waals surface area contributed by atoms with Gasteiger partial charge in [-0.05, 0) is 30.3 Å². The zero-order valence-corrected chi connectivity index (χ0v) is 15.6. The molecule has 1 fully saturated rings. The number of carbonyl (C=O) groups excluding carboxylic acids is 1. The van der Waals surface area contributed by atoms with Crippen LogP contribution in [0.2, 0.25) is 10.0 Å². The van der Waals surface area contributed by atoms with Crippen LogP contribution in [0.3, 0.4) is 0 Å². The summed E-state index contributed by atoms with van der Waals surface area (Å²) in [6, 6.07) is 14.7. The van der Waals surface area contributed by atoms with E-state index in [4.69, 9.17) is 23.2 Å². The molecule has 0 radical (unpaired) electrons. The van der Waals surface area contributed by atoms with Crippen molar-refractivity contribution in [2.45, 2.75) is 0 Å². The largest absolute Gasteiger partial charge is 0.368 e. The third kappa shape index (κ3) is 4.47. The Bertz CT molecular complexity index is 842. The Kier molecular flexibility index (Phi) is 6.00. The highest BCUT2D eigenvalue weighted by Gasteiger charge is 2.21.